The number of carbonyl (C=O) groups excluding carboxylic acids is 7. The molecule has 14 heteroatoms. The molecule has 0 aliphatic heterocycles. The van der Waals surface area contributed by atoms with Gasteiger partial charge in [0.25, 0.3) is 0 Å². The first-order valence-electron chi connectivity index (χ1n) is 12.9. The van der Waals surface area contributed by atoms with Crippen LogP contribution in [0.25, 0.3) is 0 Å². The summed E-state index contributed by atoms with van der Waals surface area (Å²) < 4.78 is 18.6. The summed E-state index contributed by atoms with van der Waals surface area (Å²) in [5, 5.41) is 11.5. The van der Waals surface area contributed by atoms with Crippen molar-refractivity contribution in [2.75, 3.05) is 26.9 Å². The first-order valence-corrected chi connectivity index (χ1v) is 12.9. The molecule has 0 aromatic carbocycles. The van der Waals surface area contributed by atoms with E-state index in [2.05, 4.69) is 14.8 Å². The SMILES string of the molecule is CCOC(=O)COC(=O)CCC(NC(=O)C(CC)CCC(=O)O)C(=O)CC(CCC(=O)OCC(=O)OC)C(C)=O. The van der Waals surface area contributed by atoms with E-state index >= 15 is 0 Å². The molecule has 0 saturated carbocycles. The van der Waals surface area contributed by atoms with Gasteiger partial charge in [0.2, 0.25) is 5.91 Å². The number of amides is 1. The monoisotopic (exact) mass is 573 g/mol. The summed E-state index contributed by atoms with van der Waals surface area (Å²) in [7, 11) is 1.12. The zero-order valence-electron chi connectivity index (χ0n) is 23.4. The fourth-order valence-corrected chi connectivity index (χ4v) is 3.49. The van der Waals surface area contributed by atoms with Crippen LogP contribution in [-0.4, -0.2) is 85.4 Å². The Hall–Kier alpha value is -3.84. The maximum Gasteiger partial charge on any atom is 0.344 e. The van der Waals surface area contributed by atoms with Crippen molar-refractivity contribution in [1.29, 1.82) is 0 Å². The molecule has 0 aromatic heterocycles. The minimum absolute atomic E-state index is 0.0317. The van der Waals surface area contributed by atoms with Crippen LogP contribution in [0.3, 0.4) is 0 Å². The zero-order chi connectivity index (χ0) is 30.7. The van der Waals surface area contributed by atoms with Gasteiger partial charge >= 0.3 is 29.8 Å². The third-order valence-electron chi connectivity index (χ3n) is 5.87. The van der Waals surface area contributed by atoms with Gasteiger partial charge in [-0.05, 0) is 39.5 Å². The molecule has 0 bridgehead atoms. The van der Waals surface area contributed by atoms with Gasteiger partial charge in [0.1, 0.15) is 5.78 Å². The Labute approximate surface area is 232 Å². The molecule has 40 heavy (non-hydrogen) atoms. The van der Waals surface area contributed by atoms with Crippen LogP contribution >= 0.6 is 0 Å². The van der Waals surface area contributed by atoms with Gasteiger partial charge in [0.15, 0.2) is 19.0 Å². The van der Waals surface area contributed by atoms with Crippen LogP contribution in [0.5, 0.6) is 0 Å². The third-order valence-corrected chi connectivity index (χ3v) is 5.87. The van der Waals surface area contributed by atoms with Crippen LogP contribution < -0.4 is 5.32 Å². The summed E-state index contributed by atoms with van der Waals surface area (Å²) in [5.74, 6) is -7.42. The van der Waals surface area contributed by atoms with E-state index in [-0.39, 0.29) is 51.6 Å². The number of hydrogen-bond acceptors (Lipinski definition) is 12. The Morgan fingerprint density at radius 2 is 1.27 bits per heavy atom. The Bertz CT molecular complexity index is 914. The molecule has 0 fully saturated rings. The van der Waals surface area contributed by atoms with E-state index in [0.717, 1.165) is 7.11 Å². The molecule has 0 radical (unpaired) electrons. The Morgan fingerprint density at radius 3 is 1.77 bits per heavy atom. The van der Waals surface area contributed by atoms with Crippen molar-refractivity contribution < 1.29 is 62.4 Å². The number of carboxylic acids is 1. The van der Waals surface area contributed by atoms with E-state index in [0.29, 0.717) is 6.42 Å². The van der Waals surface area contributed by atoms with Crippen LogP contribution in [0.4, 0.5) is 0 Å². The quantitative estimate of drug-likeness (QED) is 0.145. The molecule has 0 spiro atoms. The summed E-state index contributed by atoms with van der Waals surface area (Å²) in [4.78, 5) is 95.6. The lowest BCUT2D eigenvalue weighted by Gasteiger charge is -2.23. The first kappa shape index (κ1) is 36.2. The van der Waals surface area contributed by atoms with E-state index in [1.165, 1.54) is 6.92 Å². The number of esters is 4. The molecule has 0 saturated heterocycles. The molecule has 0 aliphatic carbocycles. The van der Waals surface area contributed by atoms with E-state index in [1.807, 2.05) is 0 Å². The molecule has 3 unspecified atom stereocenters. The maximum atomic E-state index is 13.2. The smallest absolute Gasteiger partial charge is 0.344 e. The van der Waals surface area contributed by atoms with Gasteiger partial charge < -0.3 is 29.4 Å². The predicted octanol–water partition coefficient (Wildman–Crippen LogP) is 0.910. The molecule has 226 valence electrons. The summed E-state index contributed by atoms with van der Waals surface area (Å²) in [5.41, 5.74) is 0. The summed E-state index contributed by atoms with van der Waals surface area (Å²) in [6.07, 6.45) is -1.20. The van der Waals surface area contributed by atoms with Crippen LogP contribution in [0.1, 0.15) is 72.1 Å². The molecule has 0 aromatic rings. The van der Waals surface area contributed by atoms with E-state index in [9.17, 15) is 38.4 Å². The van der Waals surface area contributed by atoms with Crippen molar-refractivity contribution in [3.8, 4) is 0 Å². The van der Waals surface area contributed by atoms with E-state index in [4.69, 9.17) is 14.6 Å². The van der Waals surface area contributed by atoms with Gasteiger partial charge in [-0.15, -0.1) is 0 Å². The van der Waals surface area contributed by atoms with Crippen LogP contribution in [0.2, 0.25) is 0 Å². The molecule has 1 amide bonds. The average molecular weight is 574 g/mol. The minimum atomic E-state index is -1.23. The Morgan fingerprint density at radius 1 is 0.725 bits per heavy atom. The lowest BCUT2D eigenvalue weighted by molar-refractivity contribution is -0.158. The minimum Gasteiger partial charge on any atom is -0.481 e. The topological polar surface area (TPSA) is 206 Å². The second-order valence-electron chi connectivity index (χ2n) is 8.86. The predicted molar refractivity (Wildman–Crippen MR) is 135 cm³/mol. The van der Waals surface area contributed by atoms with Crippen molar-refractivity contribution in [3.63, 3.8) is 0 Å². The highest BCUT2D eigenvalue weighted by atomic mass is 16.6. The third kappa shape index (κ3) is 16.2. The second-order valence-corrected chi connectivity index (χ2v) is 8.86. The highest BCUT2D eigenvalue weighted by molar-refractivity contribution is 5.93. The number of nitrogens with one attached hydrogen (secondary N) is 1. The molecule has 14 nitrogen and oxygen atoms in total. The van der Waals surface area contributed by atoms with E-state index in [1.54, 1.807) is 13.8 Å². The Kier molecular flexibility index (Phi) is 18.2. The van der Waals surface area contributed by atoms with Crippen molar-refractivity contribution in [3.05, 3.63) is 0 Å². The fraction of sp³-hybridized carbons (Fsp3) is 0.692. The maximum absolute atomic E-state index is 13.2. The van der Waals surface area contributed by atoms with Gasteiger partial charge in [0.05, 0.1) is 19.8 Å². The molecule has 0 heterocycles. The number of Topliss-reactive ketones (excluding diaryl/α,β-unsaturated/α-hetero) is 2. The van der Waals surface area contributed by atoms with E-state index < -0.39 is 78.4 Å². The second kappa shape index (κ2) is 20.1. The number of ketones is 2. The number of carbonyl (C=O) groups is 8. The number of rotatable bonds is 21. The van der Waals surface area contributed by atoms with Crippen LogP contribution in [0, 0.1) is 11.8 Å². The number of ether oxygens (including phenoxy) is 4. The lowest BCUT2D eigenvalue weighted by atomic mass is 9.89. The Balaban J connectivity index is 5.42. The summed E-state index contributed by atoms with van der Waals surface area (Å²) in [6, 6.07) is -1.23. The first-order chi connectivity index (χ1) is 18.8. The molecule has 3 atom stereocenters. The number of hydrogen-bond donors (Lipinski definition) is 2. The van der Waals surface area contributed by atoms with Gasteiger partial charge in [-0.2, -0.15) is 0 Å². The number of methoxy groups -OCH3 is 1. The standard InChI is InChI=1S/C26H39NO13/c1-5-17(7-10-21(30)31)26(36)27-19(9-12-23(33)40-15-25(35)38-6-2)20(29)13-18(16(3)28)8-11-22(32)39-14-24(34)37-4/h17-19H,5-15H2,1-4H3,(H,27,36)(H,30,31). The highest BCUT2D eigenvalue weighted by Gasteiger charge is 2.29. The fourth-order valence-electron chi connectivity index (χ4n) is 3.49. The number of aliphatic carboxylic acids is 1. The molecule has 0 rings (SSSR count). The molecule has 2 N–H and O–H groups in total. The van der Waals surface area contributed by atoms with Gasteiger partial charge in [0, 0.05) is 37.5 Å². The number of carboxylic acid groups (broad SMARTS) is 1. The normalized spacial score (nSPS) is 12.7. The zero-order valence-corrected chi connectivity index (χ0v) is 23.4. The van der Waals surface area contributed by atoms with Crippen molar-refractivity contribution in [2.24, 2.45) is 11.8 Å². The van der Waals surface area contributed by atoms with Crippen LogP contribution in [-0.2, 0) is 57.3 Å². The largest absolute Gasteiger partial charge is 0.481 e. The molecular weight excluding hydrogens is 534 g/mol. The summed E-state index contributed by atoms with van der Waals surface area (Å²) >= 11 is 0. The molecular formula is C26H39NO13. The van der Waals surface area contributed by atoms with Gasteiger partial charge in [-0.3, -0.25) is 28.8 Å². The van der Waals surface area contributed by atoms with Crippen molar-refractivity contribution >= 4 is 47.3 Å². The van der Waals surface area contributed by atoms with Crippen molar-refractivity contribution in [2.45, 2.75) is 78.2 Å². The van der Waals surface area contributed by atoms with Crippen molar-refractivity contribution in [1.82, 2.24) is 5.32 Å². The van der Waals surface area contributed by atoms with Gasteiger partial charge in [-0.1, -0.05) is 6.92 Å². The highest BCUT2D eigenvalue weighted by Crippen LogP contribution is 2.18. The molecule has 0 aliphatic rings. The van der Waals surface area contributed by atoms with Gasteiger partial charge in [-0.25, -0.2) is 9.59 Å². The lowest BCUT2D eigenvalue weighted by Crippen LogP contribution is -2.44. The summed E-state index contributed by atoms with van der Waals surface area (Å²) in [6.45, 7) is 3.37. The van der Waals surface area contributed by atoms with Crippen LogP contribution in [0.15, 0.2) is 0 Å². The average Bonchev–Trinajstić information content (AvgIpc) is 2.90.